The van der Waals surface area contributed by atoms with Gasteiger partial charge in [0.2, 0.25) is 5.91 Å². The maximum atomic E-state index is 11.1. The van der Waals surface area contributed by atoms with E-state index in [-0.39, 0.29) is 11.8 Å². The van der Waals surface area contributed by atoms with E-state index in [1.165, 1.54) is 13.0 Å². The number of benzene rings is 1. The molecule has 0 aliphatic heterocycles. The zero-order chi connectivity index (χ0) is 16.7. The Bertz CT molecular complexity index is 578. The number of nitrogens with one attached hydrogen (secondary N) is 1. The van der Waals surface area contributed by atoms with E-state index < -0.39 is 11.9 Å². The molecule has 0 unspecified atom stereocenters. The SMILES string of the molecule is CCOc1cc(C=C(NC(C)=O)C(=O)O)ccc1OC(C)C. The predicted octanol–water partition coefficient (Wildman–Crippen LogP) is 2.43. The highest BCUT2D eigenvalue weighted by atomic mass is 16.5. The number of carbonyl (C=O) groups excluding carboxylic acids is 1. The molecule has 0 heterocycles. The van der Waals surface area contributed by atoms with Gasteiger partial charge in [-0.3, -0.25) is 4.79 Å². The lowest BCUT2D eigenvalue weighted by Crippen LogP contribution is -2.24. The van der Waals surface area contributed by atoms with Gasteiger partial charge in [0.15, 0.2) is 11.5 Å². The fourth-order valence-electron chi connectivity index (χ4n) is 1.74. The molecule has 0 saturated carbocycles. The topological polar surface area (TPSA) is 84.9 Å². The van der Waals surface area contributed by atoms with Crippen molar-refractivity contribution < 1.29 is 24.2 Å². The molecule has 0 aliphatic carbocycles. The second-order valence-corrected chi connectivity index (χ2v) is 4.85. The second kappa shape index (κ2) is 8.07. The molecule has 22 heavy (non-hydrogen) atoms. The lowest BCUT2D eigenvalue weighted by molar-refractivity contribution is -0.134. The van der Waals surface area contributed by atoms with Crippen LogP contribution >= 0.6 is 0 Å². The van der Waals surface area contributed by atoms with Gasteiger partial charge in [0, 0.05) is 6.92 Å². The first kappa shape index (κ1) is 17.6. The van der Waals surface area contributed by atoms with E-state index in [2.05, 4.69) is 5.32 Å². The van der Waals surface area contributed by atoms with Crippen LogP contribution in [-0.4, -0.2) is 29.7 Å². The van der Waals surface area contributed by atoms with Crippen LogP contribution in [0.3, 0.4) is 0 Å². The molecule has 0 atom stereocenters. The number of hydrogen-bond acceptors (Lipinski definition) is 4. The number of hydrogen-bond donors (Lipinski definition) is 2. The van der Waals surface area contributed by atoms with E-state index in [0.29, 0.717) is 23.7 Å². The van der Waals surface area contributed by atoms with Crippen molar-refractivity contribution in [2.24, 2.45) is 0 Å². The molecule has 0 bridgehead atoms. The highest BCUT2D eigenvalue weighted by Crippen LogP contribution is 2.30. The highest BCUT2D eigenvalue weighted by molar-refractivity contribution is 5.96. The first-order chi connectivity index (χ1) is 10.3. The Morgan fingerprint density at radius 2 is 2.00 bits per heavy atom. The Balaban J connectivity index is 3.16. The molecule has 6 nitrogen and oxygen atoms in total. The summed E-state index contributed by atoms with van der Waals surface area (Å²) in [5, 5.41) is 11.4. The standard InChI is InChI=1S/C16H21NO5/c1-5-21-15-9-12(6-7-14(15)22-10(2)3)8-13(16(19)20)17-11(4)18/h6-10H,5H2,1-4H3,(H,17,18)(H,19,20). The fraction of sp³-hybridized carbons (Fsp3) is 0.375. The van der Waals surface area contributed by atoms with Gasteiger partial charge < -0.3 is 19.9 Å². The van der Waals surface area contributed by atoms with Crippen LogP contribution in [0.1, 0.15) is 33.3 Å². The Morgan fingerprint density at radius 3 is 2.50 bits per heavy atom. The number of rotatable bonds is 7. The molecule has 0 spiro atoms. The lowest BCUT2D eigenvalue weighted by Gasteiger charge is -2.15. The van der Waals surface area contributed by atoms with Crippen LogP contribution in [0.5, 0.6) is 11.5 Å². The van der Waals surface area contributed by atoms with Crippen molar-refractivity contribution in [3.63, 3.8) is 0 Å². The summed E-state index contributed by atoms with van der Waals surface area (Å²) >= 11 is 0. The van der Waals surface area contributed by atoms with Gasteiger partial charge >= 0.3 is 5.97 Å². The van der Waals surface area contributed by atoms with E-state index in [1.54, 1.807) is 18.2 Å². The molecule has 0 aliphatic rings. The van der Waals surface area contributed by atoms with Crippen LogP contribution in [0.4, 0.5) is 0 Å². The Kier molecular flexibility index (Phi) is 6.44. The first-order valence-electron chi connectivity index (χ1n) is 6.99. The van der Waals surface area contributed by atoms with Gasteiger partial charge in [-0.1, -0.05) is 6.07 Å². The van der Waals surface area contributed by atoms with Gasteiger partial charge in [-0.15, -0.1) is 0 Å². The molecule has 120 valence electrons. The van der Waals surface area contributed by atoms with Gasteiger partial charge in [-0.05, 0) is 44.5 Å². The third-order valence-corrected chi connectivity index (χ3v) is 2.48. The maximum absolute atomic E-state index is 11.1. The third kappa shape index (κ3) is 5.47. The van der Waals surface area contributed by atoms with Crippen LogP contribution in [0.15, 0.2) is 23.9 Å². The molecular formula is C16H21NO5. The monoisotopic (exact) mass is 307 g/mol. The smallest absolute Gasteiger partial charge is 0.352 e. The lowest BCUT2D eigenvalue weighted by atomic mass is 10.1. The van der Waals surface area contributed by atoms with Crippen molar-refractivity contribution in [3.05, 3.63) is 29.5 Å². The summed E-state index contributed by atoms with van der Waals surface area (Å²) < 4.78 is 11.2. The van der Waals surface area contributed by atoms with E-state index in [1.807, 2.05) is 20.8 Å². The van der Waals surface area contributed by atoms with Gasteiger partial charge in [0.25, 0.3) is 0 Å². The number of carboxylic acids is 1. The number of amides is 1. The maximum Gasteiger partial charge on any atom is 0.352 e. The molecule has 1 amide bonds. The first-order valence-corrected chi connectivity index (χ1v) is 6.99. The van der Waals surface area contributed by atoms with E-state index in [9.17, 15) is 9.59 Å². The minimum Gasteiger partial charge on any atom is -0.490 e. The summed E-state index contributed by atoms with van der Waals surface area (Å²) in [6.07, 6.45) is 1.36. The third-order valence-electron chi connectivity index (χ3n) is 2.48. The quantitative estimate of drug-likeness (QED) is 0.756. The van der Waals surface area contributed by atoms with Gasteiger partial charge in [-0.2, -0.15) is 0 Å². The van der Waals surface area contributed by atoms with Crippen LogP contribution in [0, 0.1) is 0 Å². The molecule has 0 radical (unpaired) electrons. The minimum absolute atomic E-state index is 0.00504. The zero-order valence-corrected chi connectivity index (χ0v) is 13.2. The van der Waals surface area contributed by atoms with Gasteiger partial charge in [0.05, 0.1) is 12.7 Å². The van der Waals surface area contributed by atoms with Crippen molar-refractivity contribution in [3.8, 4) is 11.5 Å². The van der Waals surface area contributed by atoms with E-state index in [0.717, 1.165) is 0 Å². The van der Waals surface area contributed by atoms with Crippen LogP contribution in [-0.2, 0) is 9.59 Å². The molecule has 1 aromatic rings. The average Bonchev–Trinajstić information content (AvgIpc) is 2.40. The number of aliphatic carboxylic acids is 1. The summed E-state index contributed by atoms with van der Waals surface area (Å²) in [7, 11) is 0. The number of carbonyl (C=O) groups is 2. The van der Waals surface area contributed by atoms with E-state index in [4.69, 9.17) is 14.6 Å². The second-order valence-electron chi connectivity index (χ2n) is 4.85. The summed E-state index contributed by atoms with van der Waals surface area (Å²) in [5.41, 5.74) is 0.387. The van der Waals surface area contributed by atoms with Gasteiger partial charge in [-0.25, -0.2) is 4.79 Å². The Hall–Kier alpha value is -2.50. The molecule has 1 aromatic carbocycles. The van der Waals surface area contributed by atoms with Crippen molar-refractivity contribution in [1.82, 2.24) is 5.32 Å². The molecule has 0 fully saturated rings. The van der Waals surface area contributed by atoms with Crippen molar-refractivity contribution in [2.75, 3.05) is 6.61 Å². The van der Waals surface area contributed by atoms with Gasteiger partial charge in [0.1, 0.15) is 5.70 Å². The number of ether oxygens (including phenoxy) is 2. The Labute approximate surface area is 129 Å². The van der Waals surface area contributed by atoms with Crippen molar-refractivity contribution >= 4 is 18.0 Å². The molecule has 0 aromatic heterocycles. The van der Waals surface area contributed by atoms with Crippen LogP contribution < -0.4 is 14.8 Å². The normalized spacial score (nSPS) is 11.2. The summed E-state index contributed by atoms with van der Waals surface area (Å²) in [6.45, 7) is 7.37. The molecular weight excluding hydrogens is 286 g/mol. The molecule has 2 N–H and O–H groups in total. The fourth-order valence-corrected chi connectivity index (χ4v) is 1.74. The van der Waals surface area contributed by atoms with Crippen LogP contribution in [0.2, 0.25) is 0 Å². The largest absolute Gasteiger partial charge is 0.490 e. The average molecular weight is 307 g/mol. The molecule has 6 heteroatoms. The molecule has 1 rings (SSSR count). The minimum atomic E-state index is -1.21. The zero-order valence-electron chi connectivity index (χ0n) is 13.2. The summed E-state index contributed by atoms with van der Waals surface area (Å²) in [4.78, 5) is 22.2. The number of carboxylic acid groups (broad SMARTS) is 1. The predicted molar refractivity (Wildman–Crippen MR) is 82.8 cm³/mol. The summed E-state index contributed by atoms with van der Waals surface area (Å²) in [6, 6.07) is 5.08. The van der Waals surface area contributed by atoms with Crippen molar-refractivity contribution in [1.29, 1.82) is 0 Å². The molecule has 0 saturated heterocycles. The van der Waals surface area contributed by atoms with Crippen LogP contribution in [0.25, 0.3) is 6.08 Å². The van der Waals surface area contributed by atoms with E-state index >= 15 is 0 Å². The van der Waals surface area contributed by atoms with Crippen molar-refractivity contribution in [2.45, 2.75) is 33.8 Å². The summed E-state index contributed by atoms with van der Waals surface area (Å²) in [5.74, 6) is -0.544. The Morgan fingerprint density at radius 1 is 1.32 bits per heavy atom. The highest BCUT2D eigenvalue weighted by Gasteiger charge is 2.11.